The highest BCUT2D eigenvalue weighted by molar-refractivity contribution is 7.80. The van der Waals surface area contributed by atoms with Gasteiger partial charge in [0.15, 0.2) is 0 Å². The topological polar surface area (TPSA) is 105 Å². The maximum absolute atomic E-state index is 12.0. The van der Waals surface area contributed by atoms with Gasteiger partial charge in [0.2, 0.25) is 11.8 Å². The van der Waals surface area contributed by atoms with Crippen LogP contribution in [0.5, 0.6) is 0 Å². The van der Waals surface area contributed by atoms with Gasteiger partial charge in [-0.05, 0) is 19.1 Å². The van der Waals surface area contributed by atoms with E-state index in [2.05, 4.69) is 29.0 Å². The van der Waals surface area contributed by atoms with Gasteiger partial charge in [-0.15, -0.1) is 5.73 Å². The number of aliphatic hydroxyl groups is 1. The number of esters is 1. The predicted molar refractivity (Wildman–Crippen MR) is 98.2 cm³/mol. The molecule has 0 aliphatic rings. The molecule has 0 saturated carbocycles. The molecule has 0 spiro atoms. The number of nitrogens with one attached hydrogen (secondary N) is 2. The number of thiol groups is 1. The Balaban J connectivity index is 4.28. The van der Waals surface area contributed by atoms with Crippen LogP contribution in [0.15, 0.2) is 17.9 Å². The van der Waals surface area contributed by atoms with Crippen molar-refractivity contribution in [3.63, 3.8) is 0 Å². The zero-order valence-corrected chi connectivity index (χ0v) is 15.9. The summed E-state index contributed by atoms with van der Waals surface area (Å²) in [5.74, 6) is -0.743. The third-order valence-electron chi connectivity index (χ3n) is 3.23. The van der Waals surface area contributed by atoms with Crippen LogP contribution in [0.1, 0.15) is 33.6 Å². The molecule has 0 fully saturated rings. The van der Waals surface area contributed by atoms with Crippen LogP contribution < -0.4 is 10.6 Å². The van der Waals surface area contributed by atoms with Crippen LogP contribution in [-0.4, -0.2) is 54.4 Å². The minimum absolute atomic E-state index is 0.0735. The number of aliphatic hydroxyl groups excluding tert-OH is 1. The zero-order valence-electron chi connectivity index (χ0n) is 15.0. The standard InChI is InChI=1S/C17H28N2O5S/c1-4-5-6-7-14(21)24-12-17(2,3)15(22)16(23)19-9-8-13(20)18-10-11-25/h4,6,15,22,25H,7-12H2,1-3H3,(H,18,20)(H,19,23)/t5?,15-/m1/s1. The second-order valence-corrected chi connectivity index (χ2v) is 6.48. The number of ether oxygens (including phenoxy) is 1. The van der Waals surface area contributed by atoms with Crippen molar-refractivity contribution >= 4 is 30.4 Å². The third kappa shape index (κ3) is 10.7. The lowest BCUT2D eigenvalue weighted by Crippen LogP contribution is -2.47. The van der Waals surface area contributed by atoms with E-state index >= 15 is 0 Å². The highest BCUT2D eigenvalue weighted by atomic mass is 32.1. The summed E-state index contributed by atoms with van der Waals surface area (Å²) in [6.45, 7) is 5.48. The normalized spacial score (nSPS) is 11.7. The molecule has 0 bridgehead atoms. The molecule has 0 aliphatic carbocycles. The molecule has 0 aliphatic heterocycles. The average Bonchev–Trinajstić information content (AvgIpc) is 2.57. The van der Waals surface area contributed by atoms with Gasteiger partial charge in [-0.25, -0.2) is 0 Å². The molecule has 0 aromatic carbocycles. The Hall–Kier alpha value is -1.76. The van der Waals surface area contributed by atoms with E-state index in [0.29, 0.717) is 12.3 Å². The largest absolute Gasteiger partial charge is 0.465 e. The first-order valence-electron chi connectivity index (χ1n) is 8.09. The van der Waals surface area contributed by atoms with Gasteiger partial charge in [-0.1, -0.05) is 13.8 Å². The van der Waals surface area contributed by atoms with Crippen LogP contribution in [-0.2, 0) is 19.1 Å². The second-order valence-electron chi connectivity index (χ2n) is 6.03. The van der Waals surface area contributed by atoms with E-state index in [1.807, 2.05) is 0 Å². The van der Waals surface area contributed by atoms with E-state index in [0.717, 1.165) is 0 Å². The fourth-order valence-corrected chi connectivity index (χ4v) is 1.81. The molecule has 0 heterocycles. The first kappa shape index (κ1) is 23.2. The number of hydrogen-bond donors (Lipinski definition) is 4. The van der Waals surface area contributed by atoms with Crippen LogP contribution in [0.3, 0.4) is 0 Å². The Morgan fingerprint density at radius 1 is 1.28 bits per heavy atom. The number of amides is 2. The molecule has 0 rings (SSSR count). The molecule has 1 atom stereocenters. The average molecular weight is 372 g/mol. The highest BCUT2D eigenvalue weighted by Gasteiger charge is 2.34. The van der Waals surface area contributed by atoms with Crippen molar-refractivity contribution < 1.29 is 24.2 Å². The first-order valence-corrected chi connectivity index (χ1v) is 8.72. The summed E-state index contributed by atoms with van der Waals surface area (Å²) in [6.07, 6.45) is 2.02. The molecule has 0 aromatic rings. The van der Waals surface area contributed by atoms with Gasteiger partial charge in [0.05, 0.1) is 13.0 Å². The van der Waals surface area contributed by atoms with Gasteiger partial charge in [0, 0.05) is 30.7 Å². The quantitative estimate of drug-likeness (QED) is 0.241. The molecule has 0 unspecified atom stereocenters. The number of hydrogen-bond acceptors (Lipinski definition) is 6. The monoisotopic (exact) mass is 372 g/mol. The lowest BCUT2D eigenvalue weighted by atomic mass is 9.87. The van der Waals surface area contributed by atoms with Gasteiger partial charge in [-0.3, -0.25) is 14.4 Å². The smallest absolute Gasteiger partial charge is 0.310 e. The molecule has 7 nitrogen and oxygen atoms in total. The Morgan fingerprint density at radius 3 is 2.56 bits per heavy atom. The molecule has 142 valence electrons. The van der Waals surface area contributed by atoms with Crippen LogP contribution in [0.25, 0.3) is 0 Å². The van der Waals surface area contributed by atoms with Gasteiger partial charge >= 0.3 is 5.97 Å². The molecule has 0 aromatic heterocycles. The minimum Gasteiger partial charge on any atom is -0.465 e. The Labute approximate surface area is 154 Å². The van der Waals surface area contributed by atoms with E-state index in [1.54, 1.807) is 26.8 Å². The van der Waals surface area contributed by atoms with Crippen molar-refractivity contribution in [2.24, 2.45) is 5.41 Å². The molecular weight excluding hydrogens is 344 g/mol. The summed E-state index contributed by atoms with van der Waals surface area (Å²) in [6, 6.07) is 0. The third-order valence-corrected chi connectivity index (χ3v) is 3.46. The van der Waals surface area contributed by atoms with E-state index in [9.17, 15) is 19.5 Å². The summed E-state index contributed by atoms with van der Waals surface area (Å²) in [4.78, 5) is 34.9. The summed E-state index contributed by atoms with van der Waals surface area (Å²) in [5, 5.41) is 15.3. The second kappa shape index (κ2) is 12.6. The Morgan fingerprint density at radius 2 is 1.96 bits per heavy atom. The van der Waals surface area contributed by atoms with E-state index in [-0.39, 0.29) is 31.9 Å². The highest BCUT2D eigenvalue weighted by Crippen LogP contribution is 2.21. The van der Waals surface area contributed by atoms with Crippen molar-refractivity contribution in [3.05, 3.63) is 17.9 Å². The van der Waals surface area contributed by atoms with Gasteiger partial charge < -0.3 is 20.5 Å². The molecule has 0 saturated heterocycles. The Kier molecular flexibility index (Phi) is 11.7. The van der Waals surface area contributed by atoms with Crippen molar-refractivity contribution in [2.75, 3.05) is 25.4 Å². The SMILES string of the molecule is CC=C=CCC(=O)OCC(C)(C)[C@H](O)C(=O)NCCC(=O)NCCS. The van der Waals surface area contributed by atoms with Crippen molar-refractivity contribution in [1.82, 2.24) is 10.6 Å². The lowest BCUT2D eigenvalue weighted by Gasteiger charge is -2.28. The number of rotatable bonds is 11. The van der Waals surface area contributed by atoms with Crippen LogP contribution in [0.4, 0.5) is 0 Å². The van der Waals surface area contributed by atoms with Crippen LogP contribution >= 0.6 is 12.6 Å². The van der Waals surface area contributed by atoms with Crippen molar-refractivity contribution in [1.29, 1.82) is 0 Å². The van der Waals surface area contributed by atoms with Gasteiger partial charge in [0.25, 0.3) is 0 Å². The van der Waals surface area contributed by atoms with Crippen LogP contribution in [0.2, 0.25) is 0 Å². The van der Waals surface area contributed by atoms with Crippen molar-refractivity contribution in [3.8, 4) is 0 Å². The van der Waals surface area contributed by atoms with Crippen LogP contribution in [0, 0.1) is 5.41 Å². The van der Waals surface area contributed by atoms with E-state index in [4.69, 9.17) is 4.74 Å². The number of carbonyl (C=O) groups is 3. The fraction of sp³-hybridized carbons (Fsp3) is 0.647. The van der Waals surface area contributed by atoms with Gasteiger partial charge in [-0.2, -0.15) is 12.6 Å². The molecule has 25 heavy (non-hydrogen) atoms. The molecule has 0 radical (unpaired) electrons. The molecule has 8 heteroatoms. The summed E-state index contributed by atoms with van der Waals surface area (Å²) >= 11 is 3.98. The summed E-state index contributed by atoms with van der Waals surface area (Å²) in [5.41, 5.74) is 1.80. The number of carbonyl (C=O) groups excluding carboxylic acids is 3. The Bertz CT molecular complexity index is 513. The zero-order chi connectivity index (χ0) is 19.3. The van der Waals surface area contributed by atoms with Gasteiger partial charge in [0.1, 0.15) is 6.10 Å². The predicted octanol–water partition coefficient (Wildman–Crippen LogP) is 0.590. The molecule has 3 N–H and O–H groups in total. The summed E-state index contributed by atoms with van der Waals surface area (Å²) < 4.78 is 5.08. The maximum Gasteiger partial charge on any atom is 0.310 e. The maximum atomic E-state index is 12.0. The van der Waals surface area contributed by atoms with E-state index < -0.39 is 23.4 Å². The lowest BCUT2D eigenvalue weighted by molar-refractivity contribution is -0.152. The summed E-state index contributed by atoms with van der Waals surface area (Å²) in [7, 11) is 0. The fourth-order valence-electron chi connectivity index (χ4n) is 1.70. The molecular formula is C17H28N2O5S. The van der Waals surface area contributed by atoms with E-state index in [1.165, 1.54) is 6.08 Å². The van der Waals surface area contributed by atoms with Crippen molar-refractivity contribution in [2.45, 2.75) is 39.7 Å². The minimum atomic E-state index is -1.37. The molecule has 2 amide bonds. The first-order chi connectivity index (χ1) is 11.7.